The number of carbonyl (C=O) groups is 1. The van der Waals surface area contributed by atoms with Crippen molar-refractivity contribution < 1.29 is 9.90 Å². The first-order valence-electron chi connectivity index (χ1n) is 5.67. The molecular weight excluding hydrogens is 289 g/mol. The summed E-state index contributed by atoms with van der Waals surface area (Å²) >= 11 is 11.9. The number of nitrogens with zero attached hydrogens (tertiary/aromatic N) is 3. The van der Waals surface area contributed by atoms with Gasteiger partial charge in [0.15, 0.2) is 0 Å². The Hall–Kier alpha value is -1.59. The van der Waals surface area contributed by atoms with Gasteiger partial charge in [0.2, 0.25) is 0 Å². The molecule has 19 heavy (non-hydrogen) atoms. The minimum Gasteiger partial charge on any atom is -0.475 e. The van der Waals surface area contributed by atoms with Crippen molar-refractivity contribution in [1.82, 2.24) is 14.8 Å². The van der Waals surface area contributed by atoms with Crippen molar-refractivity contribution in [1.29, 1.82) is 0 Å². The minimum absolute atomic E-state index is 0.241. The van der Waals surface area contributed by atoms with Crippen LogP contribution in [0.4, 0.5) is 0 Å². The van der Waals surface area contributed by atoms with Crippen LogP contribution < -0.4 is 0 Å². The fourth-order valence-corrected chi connectivity index (χ4v) is 2.15. The van der Waals surface area contributed by atoms with Crippen molar-refractivity contribution in [3.63, 3.8) is 0 Å². The average Bonchev–Trinajstić information content (AvgIpc) is 2.74. The van der Waals surface area contributed by atoms with E-state index in [1.807, 2.05) is 6.92 Å². The molecule has 0 bridgehead atoms. The lowest BCUT2D eigenvalue weighted by Gasteiger charge is -2.07. The summed E-state index contributed by atoms with van der Waals surface area (Å²) in [6.45, 7) is 1.98. The molecule has 0 saturated carbocycles. The summed E-state index contributed by atoms with van der Waals surface area (Å²) in [6, 6.07) is 4.93. The van der Waals surface area contributed by atoms with Crippen LogP contribution >= 0.6 is 23.2 Å². The molecule has 2 rings (SSSR count). The highest BCUT2D eigenvalue weighted by molar-refractivity contribution is 6.35. The van der Waals surface area contributed by atoms with Crippen molar-refractivity contribution in [2.45, 2.75) is 19.8 Å². The number of carboxylic acids is 1. The van der Waals surface area contributed by atoms with E-state index in [1.54, 1.807) is 18.2 Å². The molecule has 0 unspecified atom stereocenters. The van der Waals surface area contributed by atoms with Crippen molar-refractivity contribution in [3.8, 4) is 5.69 Å². The van der Waals surface area contributed by atoms with E-state index < -0.39 is 5.97 Å². The molecule has 1 heterocycles. The maximum atomic E-state index is 10.9. The molecule has 2 aromatic rings. The highest BCUT2D eigenvalue weighted by Crippen LogP contribution is 2.25. The first kappa shape index (κ1) is 13.8. The van der Waals surface area contributed by atoms with Gasteiger partial charge in [-0.1, -0.05) is 30.1 Å². The smallest absolute Gasteiger partial charge is 0.375 e. The minimum atomic E-state index is -1.17. The Morgan fingerprint density at radius 3 is 2.74 bits per heavy atom. The monoisotopic (exact) mass is 299 g/mol. The second-order valence-corrected chi connectivity index (χ2v) is 4.76. The van der Waals surface area contributed by atoms with Gasteiger partial charge in [0.05, 0.1) is 10.7 Å². The van der Waals surface area contributed by atoms with Gasteiger partial charge >= 0.3 is 5.97 Å². The number of aromatic nitrogens is 3. The molecule has 0 atom stereocenters. The number of halogens is 2. The second kappa shape index (κ2) is 5.59. The Balaban J connectivity index is 2.56. The van der Waals surface area contributed by atoms with Crippen LogP contribution in [0.1, 0.15) is 29.8 Å². The van der Waals surface area contributed by atoms with E-state index in [1.165, 1.54) is 4.68 Å². The third-order valence-corrected chi connectivity index (χ3v) is 3.01. The van der Waals surface area contributed by atoms with Crippen molar-refractivity contribution in [2.24, 2.45) is 0 Å². The topological polar surface area (TPSA) is 68.0 Å². The average molecular weight is 300 g/mol. The standard InChI is InChI=1S/C12H11Cl2N3O2/c1-2-3-10-15-11(12(18)19)16-17(10)9-5-4-7(13)6-8(9)14/h4-6H,2-3H2,1H3,(H,18,19). The summed E-state index contributed by atoms with van der Waals surface area (Å²) in [5.41, 5.74) is 0.564. The van der Waals surface area contributed by atoms with Gasteiger partial charge in [-0.25, -0.2) is 14.5 Å². The second-order valence-electron chi connectivity index (χ2n) is 3.91. The van der Waals surface area contributed by atoms with Crippen LogP contribution in [-0.2, 0) is 6.42 Å². The van der Waals surface area contributed by atoms with Gasteiger partial charge in [-0.3, -0.25) is 0 Å². The lowest BCUT2D eigenvalue weighted by Crippen LogP contribution is -2.04. The Kier molecular flexibility index (Phi) is 4.07. The van der Waals surface area contributed by atoms with Crippen LogP contribution in [0.5, 0.6) is 0 Å². The Morgan fingerprint density at radius 2 is 2.16 bits per heavy atom. The van der Waals surface area contributed by atoms with Gasteiger partial charge in [0.1, 0.15) is 5.82 Å². The fraction of sp³-hybridized carbons (Fsp3) is 0.250. The van der Waals surface area contributed by atoms with Crippen LogP contribution in [0.15, 0.2) is 18.2 Å². The van der Waals surface area contributed by atoms with Crippen LogP contribution in [0, 0.1) is 0 Å². The number of hydrogen-bond donors (Lipinski definition) is 1. The first-order valence-corrected chi connectivity index (χ1v) is 6.43. The molecule has 5 nitrogen and oxygen atoms in total. The van der Waals surface area contributed by atoms with Gasteiger partial charge in [-0.05, 0) is 24.6 Å². The number of aryl methyl sites for hydroxylation is 1. The maximum absolute atomic E-state index is 10.9. The molecule has 0 aliphatic heterocycles. The molecule has 0 saturated heterocycles. The molecule has 0 radical (unpaired) electrons. The molecule has 0 spiro atoms. The molecule has 1 N–H and O–H groups in total. The van der Waals surface area contributed by atoms with E-state index in [0.29, 0.717) is 28.0 Å². The lowest BCUT2D eigenvalue weighted by atomic mass is 10.3. The van der Waals surface area contributed by atoms with Crippen molar-refractivity contribution in [3.05, 3.63) is 39.9 Å². The van der Waals surface area contributed by atoms with Crippen LogP contribution in [0.3, 0.4) is 0 Å². The zero-order valence-corrected chi connectivity index (χ0v) is 11.6. The number of rotatable bonds is 4. The number of hydrogen-bond acceptors (Lipinski definition) is 3. The molecule has 0 aliphatic carbocycles. The predicted molar refractivity (Wildman–Crippen MR) is 72.3 cm³/mol. The van der Waals surface area contributed by atoms with Gasteiger partial charge in [-0.15, -0.1) is 5.10 Å². The molecule has 7 heteroatoms. The van der Waals surface area contributed by atoms with Gasteiger partial charge in [-0.2, -0.15) is 0 Å². The fourth-order valence-electron chi connectivity index (χ4n) is 1.67. The van der Waals surface area contributed by atoms with E-state index in [9.17, 15) is 4.79 Å². The Bertz CT molecular complexity index is 625. The molecular formula is C12H11Cl2N3O2. The van der Waals surface area contributed by atoms with Crippen LogP contribution in [-0.4, -0.2) is 25.8 Å². The van der Waals surface area contributed by atoms with Gasteiger partial charge in [0.25, 0.3) is 5.82 Å². The summed E-state index contributed by atoms with van der Waals surface area (Å²) in [5, 5.41) is 13.8. The van der Waals surface area contributed by atoms with E-state index in [-0.39, 0.29) is 5.82 Å². The SMILES string of the molecule is CCCc1nc(C(=O)O)nn1-c1ccc(Cl)cc1Cl. The highest BCUT2D eigenvalue weighted by atomic mass is 35.5. The molecule has 1 aromatic heterocycles. The summed E-state index contributed by atoms with van der Waals surface area (Å²) in [5.74, 6) is -0.847. The summed E-state index contributed by atoms with van der Waals surface area (Å²) < 4.78 is 1.45. The largest absolute Gasteiger partial charge is 0.475 e. The molecule has 1 aromatic carbocycles. The normalized spacial score (nSPS) is 10.7. The third kappa shape index (κ3) is 2.88. The van der Waals surface area contributed by atoms with Gasteiger partial charge < -0.3 is 5.11 Å². The summed E-state index contributed by atoms with van der Waals surface area (Å²) in [4.78, 5) is 14.9. The van der Waals surface area contributed by atoms with Crippen LogP contribution in [0.25, 0.3) is 5.69 Å². The van der Waals surface area contributed by atoms with Crippen molar-refractivity contribution >= 4 is 29.2 Å². The first-order chi connectivity index (χ1) is 9.02. The van der Waals surface area contributed by atoms with E-state index in [4.69, 9.17) is 28.3 Å². The molecule has 0 aliphatic rings. The maximum Gasteiger partial charge on any atom is 0.375 e. The van der Waals surface area contributed by atoms with E-state index in [0.717, 1.165) is 6.42 Å². The highest BCUT2D eigenvalue weighted by Gasteiger charge is 2.17. The third-order valence-electron chi connectivity index (χ3n) is 2.48. The number of aromatic carboxylic acids is 1. The predicted octanol–water partition coefficient (Wildman–Crippen LogP) is 3.22. The van der Waals surface area contributed by atoms with Gasteiger partial charge in [0, 0.05) is 11.4 Å². The summed E-state index contributed by atoms with van der Waals surface area (Å²) in [6.07, 6.45) is 1.43. The summed E-state index contributed by atoms with van der Waals surface area (Å²) in [7, 11) is 0. The zero-order valence-electron chi connectivity index (χ0n) is 10.1. The molecule has 100 valence electrons. The quantitative estimate of drug-likeness (QED) is 0.941. The van der Waals surface area contributed by atoms with Crippen LogP contribution in [0.2, 0.25) is 10.0 Å². The number of benzene rings is 1. The Labute approximate surface area is 119 Å². The van der Waals surface area contributed by atoms with Crippen molar-refractivity contribution in [2.75, 3.05) is 0 Å². The molecule has 0 amide bonds. The molecule has 0 fully saturated rings. The lowest BCUT2D eigenvalue weighted by molar-refractivity contribution is 0.0683. The van der Waals surface area contributed by atoms with E-state index >= 15 is 0 Å². The Morgan fingerprint density at radius 1 is 1.42 bits per heavy atom. The van der Waals surface area contributed by atoms with E-state index in [2.05, 4.69) is 10.1 Å². The zero-order chi connectivity index (χ0) is 14.0. The number of carboxylic acid groups (broad SMARTS) is 1.